The Morgan fingerprint density at radius 3 is 2.81 bits per heavy atom. The highest BCUT2D eigenvalue weighted by atomic mass is 16.3. The first-order chi connectivity index (χ1) is 7.46. The highest BCUT2D eigenvalue weighted by molar-refractivity contribution is 5.56. The predicted molar refractivity (Wildman–Crippen MR) is 68.0 cm³/mol. The van der Waals surface area contributed by atoms with Gasteiger partial charge in [-0.3, -0.25) is 0 Å². The van der Waals surface area contributed by atoms with Gasteiger partial charge in [0.1, 0.15) is 0 Å². The Kier molecular flexibility index (Phi) is 2.94. The second kappa shape index (κ2) is 4.10. The van der Waals surface area contributed by atoms with Crippen molar-refractivity contribution in [2.75, 3.05) is 18.0 Å². The Balaban J connectivity index is 2.26. The van der Waals surface area contributed by atoms with Gasteiger partial charge in [-0.15, -0.1) is 0 Å². The number of benzene rings is 1. The minimum absolute atomic E-state index is 0.625. The van der Waals surface area contributed by atoms with E-state index < -0.39 is 5.60 Å². The minimum atomic E-state index is -0.625. The Hall–Kier alpha value is -1.02. The molecule has 0 unspecified atom stereocenters. The van der Waals surface area contributed by atoms with E-state index in [0.29, 0.717) is 6.54 Å². The molecule has 0 aliphatic carbocycles. The number of rotatable bonds is 2. The van der Waals surface area contributed by atoms with Crippen LogP contribution in [0.1, 0.15) is 31.4 Å². The molecule has 88 valence electrons. The lowest BCUT2D eigenvalue weighted by molar-refractivity contribution is 0.0870. The quantitative estimate of drug-likeness (QED) is 0.826. The first-order valence-electron chi connectivity index (χ1n) is 6.02. The van der Waals surface area contributed by atoms with Gasteiger partial charge in [0.05, 0.1) is 5.60 Å². The Morgan fingerprint density at radius 1 is 1.38 bits per heavy atom. The van der Waals surface area contributed by atoms with Crippen molar-refractivity contribution < 1.29 is 5.11 Å². The second-order valence-electron chi connectivity index (χ2n) is 5.47. The standard InChI is InChI=1S/C14H21NO/c1-11-6-7-13-12(9-11)5-4-8-15(13)10-14(2,3)16/h6-7,9,16H,4-5,8,10H2,1-3H3. The molecule has 1 aliphatic heterocycles. The van der Waals surface area contributed by atoms with Crippen molar-refractivity contribution in [1.82, 2.24) is 0 Å². The van der Waals surface area contributed by atoms with Crippen LogP contribution in [-0.2, 0) is 6.42 Å². The van der Waals surface area contributed by atoms with Gasteiger partial charge in [0.2, 0.25) is 0 Å². The third-order valence-corrected chi connectivity index (χ3v) is 3.03. The molecule has 2 heteroatoms. The van der Waals surface area contributed by atoms with Crippen molar-refractivity contribution in [3.63, 3.8) is 0 Å². The van der Waals surface area contributed by atoms with Gasteiger partial charge in [-0.2, -0.15) is 0 Å². The molecule has 1 aliphatic rings. The lowest BCUT2D eigenvalue weighted by Crippen LogP contribution is -2.41. The van der Waals surface area contributed by atoms with Crippen molar-refractivity contribution in [3.05, 3.63) is 29.3 Å². The number of nitrogens with zero attached hydrogens (tertiary/aromatic N) is 1. The molecule has 1 aromatic carbocycles. The van der Waals surface area contributed by atoms with Gasteiger partial charge in [0.25, 0.3) is 0 Å². The number of hydrogen-bond acceptors (Lipinski definition) is 2. The minimum Gasteiger partial charge on any atom is -0.389 e. The van der Waals surface area contributed by atoms with E-state index in [1.807, 2.05) is 13.8 Å². The third-order valence-electron chi connectivity index (χ3n) is 3.03. The maximum atomic E-state index is 9.91. The molecule has 0 aromatic heterocycles. The van der Waals surface area contributed by atoms with Crippen LogP contribution in [-0.4, -0.2) is 23.8 Å². The van der Waals surface area contributed by atoms with Crippen LogP contribution in [0.3, 0.4) is 0 Å². The van der Waals surface area contributed by atoms with Crippen LogP contribution in [0.4, 0.5) is 5.69 Å². The molecule has 0 radical (unpaired) electrons. The van der Waals surface area contributed by atoms with Crippen LogP contribution in [0, 0.1) is 6.92 Å². The smallest absolute Gasteiger partial charge is 0.0765 e. The van der Waals surface area contributed by atoms with Crippen molar-refractivity contribution in [3.8, 4) is 0 Å². The first kappa shape index (κ1) is 11.5. The van der Waals surface area contributed by atoms with E-state index in [9.17, 15) is 5.11 Å². The van der Waals surface area contributed by atoms with Crippen LogP contribution in [0.2, 0.25) is 0 Å². The summed E-state index contributed by atoms with van der Waals surface area (Å²) in [7, 11) is 0. The highest BCUT2D eigenvalue weighted by Gasteiger charge is 2.22. The second-order valence-corrected chi connectivity index (χ2v) is 5.47. The lowest BCUT2D eigenvalue weighted by Gasteiger charge is -2.35. The molecule has 1 aromatic rings. The summed E-state index contributed by atoms with van der Waals surface area (Å²) in [4.78, 5) is 2.30. The molecule has 1 N–H and O–H groups in total. The molecule has 0 fully saturated rings. The van der Waals surface area contributed by atoms with Crippen LogP contribution >= 0.6 is 0 Å². The average molecular weight is 219 g/mol. The van der Waals surface area contributed by atoms with Gasteiger partial charge >= 0.3 is 0 Å². The lowest BCUT2D eigenvalue weighted by atomic mass is 9.98. The van der Waals surface area contributed by atoms with E-state index in [0.717, 1.165) is 6.54 Å². The summed E-state index contributed by atoms with van der Waals surface area (Å²) in [6.07, 6.45) is 2.35. The molecule has 0 spiro atoms. The van der Waals surface area contributed by atoms with Gasteiger partial charge in [-0.05, 0) is 45.2 Å². The molecular weight excluding hydrogens is 198 g/mol. The molecule has 0 bridgehead atoms. The molecule has 0 saturated carbocycles. The molecule has 1 heterocycles. The number of aryl methyl sites for hydroxylation is 2. The molecule has 16 heavy (non-hydrogen) atoms. The van der Waals surface area contributed by atoms with Crippen molar-refractivity contribution in [2.24, 2.45) is 0 Å². The van der Waals surface area contributed by atoms with Crippen LogP contribution < -0.4 is 4.90 Å². The fraction of sp³-hybridized carbons (Fsp3) is 0.571. The zero-order valence-electron chi connectivity index (χ0n) is 10.5. The van der Waals surface area contributed by atoms with Crippen molar-refractivity contribution in [1.29, 1.82) is 0 Å². The zero-order chi connectivity index (χ0) is 11.8. The normalized spacial score (nSPS) is 16.1. The monoisotopic (exact) mass is 219 g/mol. The fourth-order valence-corrected chi connectivity index (χ4v) is 2.44. The van der Waals surface area contributed by atoms with Crippen LogP contribution in [0.25, 0.3) is 0 Å². The molecule has 2 rings (SSSR count). The van der Waals surface area contributed by atoms with E-state index >= 15 is 0 Å². The van der Waals surface area contributed by atoms with Gasteiger partial charge < -0.3 is 10.0 Å². The molecule has 0 saturated heterocycles. The summed E-state index contributed by atoms with van der Waals surface area (Å²) in [5.74, 6) is 0. The van der Waals surface area contributed by atoms with Crippen LogP contribution in [0.5, 0.6) is 0 Å². The summed E-state index contributed by atoms with van der Waals surface area (Å²) in [6.45, 7) is 7.64. The predicted octanol–water partition coefficient (Wildman–Crippen LogP) is 2.52. The Labute approximate surface area is 97.9 Å². The fourth-order valence-electron chi connectivity index (χ4n) is 2.44. The molecule has 0 amide bonds. The highest BCUT2D eigenvalue weighted by Crippen LogP contribution is 2.28. The average Bonchev–Trinajstić information content (AvgIpc) is 2.15. The van der Waals surface area contributed by atoms with Gasteiger partial charge in [-0.1, -0.05) is 17.7 Å². The number of hydrogen-bond donors (Lipinski definition) is 1. The van der Waals surface area contributed by atoms with E-state index in [1.165, 1.54) is 29.7 Å². The van der Waals surface area contributed by atoms with Gasteiger partial charge in [-0.25, -0.2) is 0 Å². The number of anilines is 1. The summed E-state index contributed by atoms with van der Waals surface area (Å²) >= 11 is 0. The maximum absolute atomic E-state index is 9.91. The van der Waals surface area contributed by atoms with E-state index in [1.54, 1.807) is 0 Å². The molecule has 2 nitrogen and oxygen atoms in total. The van der Waals surface area contributed by atoms with Gasteiger partial charge in [0, 0.05) is 18.8 Å². The maximum Gasteiger partial charge on any atom is 0.0765 e. The van der Waals surface area contributed by atoms with Gasteiger partial charge in [0.15, 0.2) is 0 Å². The van der Waals surface area contributed by atoms with Crippen molar-refractivity contribution >= 4 is 5.69 Å². The largest absolute Gasteiger partial charge is 0.389 e. The van der Waals surface area contributed by atoms with E-state index in [2.05, 4.69) is 30.0 Å². The summed E-state index contributed by atoms with van der Waals surface area (Å²) in [5, 5.41) is 9.91. The first-order valence-corrected chi connectivity index (χ1v) is 6.02. The third kappa shape index (κ3) is 2.56. The Bertz CT molecular complexity index is 379. The summed E-state index contributed by atoms with van der Waals surface area (Å²) < 4.78 is 0. The van der Waals surface area contributed by atoms with Crippen LogP contribution in [0.15, 0.2) is 18.2 Å². The molecular formula is C14H21NO. The zero-order valence-corrected chi connectivity index (χ0v) is 10.5. The van der Waals surface area contributed by atoms with E-state index in [4.69, 9.17) is 0 Å². The number of β-amino-alcohol motifs (C(OH)–C–C–N with tert-alkyl or cyclic N) is 1. The van der Waals surface area contributed by atoms with E-state index in [-0.39, 0.29) is 0 Å². The topological polar surface area (TPSA) is 23.5 Å². The summed E-state index contributed by atoms with van der Waals surface area (Å²) in [6, 6.07) is 6.61. The van der Waals surface area contributed by atoms with Crippen molar-refractivity contribution in [2.45, 2.75) is 39.2 Å². The Morgan fingerprint density at radius 2 is 2.12 bits per heavy atom. The summed E-state index contributed by atoms with van der Waals surface area (Å²) in [5.41, 5.74) is 3.43. The molecule has 0 atom stereocenters. The SMILES string of the molecule is Cc1ccc2c(c1)CCCN2CC(C)(C)O. The number of fused-ring (bicyclic) bond motifs is 1. The number of aliphatic hydroxyl groups is 1.